The number of benzene rings is 2. The van der Waals surface area contributed by atoms with Crippen molar-refractivity contribution in [1.29, 1.82) is 0 Å². The van der Waals surface area contributed by atoms with Crippen molar-refractivity contribution < 1.29 is 19.7 Å². The second kappa shape index (κ2) is 8.06. The Bertz CT molecular complexity index is 1080. The third-order valence-electron chi connectivity index (χ3n) is 3.83. The number of carboxylic acids is 1. The van der Waals surface area contributed by atoms with Crippen LogP contribution in [0, 0.1) is 27.2 Å². The van der Waals surface area contributed by atoms with E-state index in [1.165, 1.54) is 4.57 Å². The van der Waals surface area contributed by atoms with E-state index in [0.29, 0.717) is 5.69 Å². The van der Waals surface area contributed by atoms with E-state index in [4.69, 9.17) is 5.11 Å². The zero-order valence-corrected chi connectivity index (χ0v) is 15.7. The molecule has 0 spiro atoms. The molecule has 0 aliphatic rings. The molecule has 29 heavy (non-hydrogen) atoms. The minimum absolute atomic E-state index is 0.112. The van der Waals surface area contributed by atoms with Crippen molar-refractivity contribution in [2.75, 3.05) is 5.75 Å². The van der Waals surface area contributed by atoms with E-state index in [2.05, 4.69) is 10.2 Å². The van der Waals surface area contributed by atoms with Crippen molar-refractivity contribution in [3.63, 3.8) is 0 Å². The van der Waals surface area contributed by atoms with Gasteiger partial charge in [0.05, 0.1) is 21.7 Å². The second-order valence-electron chi connectivity index (χ2n) is 5.91. The fourth-order valence-corrected chi connectivity index (χ4v) is 3.21. The van der Waals surface area contributed by atoms with Gasteiger partial charge in [-0.2, -0.15) is 0 Å². The van der Waals surface area contributed by atoms with Crippen molar-refractivity contribution in [2.24, 2.45) is 0 Å². The van der Waals surface area contributed by atoms with E-state index in [1.807, 2.05) is 19.1 Å². The largest absolute Gasteiger partial charge is 0.481 e. The zero-order chi connectivity index (χ0) is 21.1. The minimum Gasteiger partial charge on any atom is -0.481 e. The normalized spacial score (nSPS) is 10.7. The van der Waals surface area contributed by atoms with Crippen LogP contribution in [0.1, 0.15) is 5.56 Å². The standard InChI is InChI=1S/C17H13N5O6S/c1-10-2-4-12(5-3-10)20-16(18-19-17(20)29-9-15(23)24)11-6-13(21(25)26)8-14(7-11)22(27)28/h2-8H,9H2,1H3,(H,23,24). The van der Waals surface area contributed by atoms with E-state index in [-0.39, 0.29) is 22.3 Å². The molecular weight excluding hydrogens is 402 g/mol. The van der Waals surface area contributed by atoms with Crippen molar-refractivity contribution in [2.45, 2.75) is 12.1 Å². The fraction of sp³-hybridized carbons (Fsp3) is 0.118. The average Bonchev–Trinajstić information content (AvgIpc) is 3.10. The van der Waals surface area contributed by atoms with Crippen LogP contribution >= 0.6 is 11.8 Å². The maximum absolute atomic E-state index is 11.2. The Balaban J connectivity index is 2.21. The Morgan fingerprint density at radius 1 is 1.07 bits per heavy atom. The van der Waals surface area contributed by atoms with Crippen molar-refractivity contribution in [3.05, 3.63) is 68.3 Å². The smallest absolute Gasteiger partial charge is 0.313 e. The molecule has 0 aliphatic carbocycles. The van der Waals surface area contributed by atoms with E-state index in [0.717, 1.165) is 35.5 Å². The highest BCUT2D eigenvalue weighted by atomic mass is 32.2. The molecule has 2 aromatic carbocycles. The average molecular weight is 415 g/mol. The van der Waals surface area contributed by atoms with Gasteiger partial charge in [0.15, 0.2) is 11.0 Å². The van der Waals surface area contributed by atoms with Crippen molar-refractivity contribution in [3.8, 4) is 17.1 Å². The quantitative estimate of drug-likeness (QED) is 0.348. The number of nitrogens with zero attached hydrogens (tertiary/aromatic N) is 5. The molecule has 0 unspecified atom stereocenters. The Kier molecular flexibility index (Phi) is 5.54. The van der Waals surface area contributed by atoms with Crippen LogP contribution in [0.4, 0.5) is 11.4 Å². The summed E-state index contributed by atoms with van der Waals surface area (Å²) in [6, 6.07) is 10.3. The molecule has 3 rings (SSSR count). The Morgan fingerprint density at radius 2 is 1.66 bits per heavy atom. The van der Waals surface area contributed by atoms with Gasteiger partial charge in [-0.1, -0.05) is 29.5 Å². The van der Waals surface area contributed by atoms with Crippen LogP contribution in [-0.2, 0) is 4.79 Å². The number of nitro benzene ring substituents is 2. The lowest BCUT2D eigenvalue weighted by atomic mass is 10.1. The molecule has 0 saturated carbocycles. The van der Waals surface area contributed by atoms with Gasteiger partial charge in [-0.25, -0.2) is 0 Å². The van der Waals surface area contributed by atoms with Crippen LogP contribution in [0.15, 0.2) is 47.6 Å². The first kappa shape index (κ1) is 19.9. The summed E-state index contributed by atoms with van der Waals surface area (Å²) < 4.78 is 1.51. The number of aryl methyl sites for hydroxylation is 1. The van der Waals surface area contributed by atoms with E-state index < -0.39 is 27.2 Å². The summed E-state index contributed by atoms with van der Waals surface area (Å²) in [7, 11) is 0. The number of non-ortho nitro benzene ring substituents is 2. The molecule has 148 valence electrons. The SMILES string of the molecule is Cc1ccc(-n2c(SCC(=O)O)nnc2-c2cc([N+](=O)[O-])cc([N+](=O)[O-])c2)cc1. The molecule has 0 amide bonds. The predicted octanol–water partition coefficient (Wildman–Crippen LogP) is 3.24. The van der Waals surface area contributed by atoms with Crippen LogP contribution in [0.5, 0.6) is 0 Å². The third-order valence-corrected chi connectivity index (χ3v) is 4.75. The second-order valence-corrected chi connectivity index (χ2v) is 6.85. The Labute approximate surface area is 167 Å². The van der Waals surface area contributed by atoms with Crippen LogP contribution in [0.2, 0.25) is 0 Å². The van der Waals surface area contributed by atoms with Gasteiger partial charge in [0.1, 0.15) is 0 Å². The van der Waals surface area contributed by atoms with Crippen LogP contribution < -0.4 is 0 Å². The molecule has 3 aromatic rings. The summed E-state index contributed by atoms with van der Waals surface area (Å²) in [6.07, 6.45) is 0. The molecule has 1 N–H and O–H groups in total. The van der Waals surface area contributed by atoms with Gasteiger partial charge in [-0.3, -0.25) is 29.6 Å². The number of aliphatic carboxylic acids is 1. The maximum atomic E-state index is 11.2. The van der Waals surface area contributed by atoms with E-state index >= 15 is 0 Å². The lowest BCUT2D eigenvalue weighted by Gasteiger charge is -2.10. The molecule has 0 saturated heterocycles. The molecule has 0 radical (unpaired) electrons. The van der Waals surface area contributed by atoms with E-state index in [9.17, 15) is 25.0 Å². The fourth-order valence-electron chi connectivity index (χ4n) is 2.54. The summed E-state index contributed by atoms with van der Waals surface area (Å²) >= 11 is 0.913. The number of aromatic nitrogens is 3. The van der Waals surface area contributed by atoms with Crippen molar-refractivity contribution in [1.82, 2.24) is 14.8 Å². The number of nitro groups is 2. The number of thioether (sulfide) groups is 1. The predicted molar refractivity (Wildman–Crippen MR) is 103 cm³/mol. The van der Waals surface area contributed by atoms with Gasteiger partial charge in [0, 0.05) is 23.4 Å². The highest BCUT2D eigenvalue weighted by Crippen LogP contribution is 2.32. The van der Waals surface area contributed by atoms with Crippen molar-refractivity contribution >= 4 is 29.1 Å². The zero-order valence-electron chi connectivity index (χ0n) is 14.9. The van der Waals surface area contributed by atoms with Crippen LogP contribution in [-0.4, -0.2) is 41.4 Å². The highest BCUT2D eigenvalue weighted by Gasteiger charge is 2.23. The molecular formula is C17H13N5O6S. The summed E-state index contributed by atoms with van der Waals surface area (Å²) in [4.78, 5) is 31.9. The summed E-state index contributed by atoms with van der Waals surface area (Å²) in [5, 5.41) is 39.6. The molecule has 0 aliphatic heterocycles. The van der Waals surface area contributed by atoms with Gasteiger partial charge in [-0.05, 0) is 19.1 Å². The maximum Gasteiger partial charge on any atom is 0.313 e. The molecule has 1 aromatic heterocycles. The number of carbonyl (C=O) groups is 1. The third kappa shape index (κ3) is 4.38. The van der Waals surface area contributed by atoms with Gasteiger partial charge >= 0.3 is 5.97 Å². The highest BCUT2D eigenvalue weighted by molar-refractivity contribution is 7.99. The summed E-state index contributed by atoms with van der Waals surface area (Å²) in [6.45, 7) is 1.89. The Hall–Kier alpha value is -3.80. The first-order valence-corrected chi connectivity index (χ1v) is 9.06. The first-order chi connectivity index (χ1) is 13.8. The molecule has 0 bridgehead atoms. The van der Waals surface area contributed by atoms with Gasteiger partial charge in [0.2, 0.25) is 0 Å². The number of hydrogen-bond acceptors (Lipinski definition) is 8. The molecule has 0 atom stereocenters. The molecule has 12 heteroatoms. The lowest BCUT2D eigenvalue weighted by Crippen LogP contribution is -2.03. The number of rotatable bonds is 7. The summed E-state index contributed by atoms with van der Waals surface area (Å²) in [5.74, 6) is -1.21. The lowest BCUT2D eigenvalue weighted by molar-refractivity contribution is -0.394. The molecule has 11 nitrogen and oxygen atoms in total. The molecule has 0 fully saturated rings. The van der Waals surface area contributed by atoms with Crippen LogP contribution in [0.3, 0.4) is 0 Å². The monoisotopic (exact) mass is 415 g/mol. The Morgan fingerprint density at radius 3 is 2.17 bits per heavy atom. The van der Waals surface area contributed by atoms with Gasteiger partial charge < -0.3 is 5.11 Å². The topological polar surface area (TPSA) is 154 Å². The number of hydrogen-bond donors (Lipinski definition) is 1. The molecule has 1 heterocycles. The van der Waals surface area contributed by atoms with E-state index in [1.54, 1.807) is 12.1 Å². The minimum atomic E-state index is -1.05. The van der Waals surface area contributed by atoms with Gasteiger partial charge in [-0.15, -0.1) is 10.2 Å². The first-order valence-electron chi connectivity index (χ1n) is 8.07. The number of carboxylic acid groups (broad SMARTS) is 1. The van der Waals surface area contributed by atoms with Gasteiger partial charge in [0.25, 0.3) is 11.4 Å². The summed E-state index contributed by atoms with van der Waals surface area (Å²) in [5.41, 5.74) is 0.743. The van der Waals surface area contributed by atoms with Crippen LogP contribution in [0.25, 0.3) is 17.1 Å².